The predicted octanol–water partition coefficient (Wildman–Crippen LogP) is 19.8. The van der Waals surface area contributed by atoms with E-state index in [2.05, 4.69) is 74.7 Å². The van der Waals surface area contributed by atoms with Crippen molar-refractivity contribution in [1.29, 1.82) is 0 Å². The van der Waals surface area contributed by atoms with Crippen molar-refractivity contribution < 1.29 is 37.3 Å². The maximum absolute atomic E-state index is 13.6. The van der Waals surface area contributed by atoms with E-state index < -0.39 is 20.0 Å². The Morgan fingerprint density at radius 1 is 0.461 bits per heavy atom. The Kier molecular flexibility index (Phi) is 54.3. The van der Waals surface area contributed by atoms with Crippen LogP contribution in [0.4, 0.5) is 0 Å². The number of amides is 1. The zero-order chi connectivity index (χ0) is 55.7. The first-order valence-corrected chi connectivity index (χ1v) is 33.6. The van der Waals surface area contributed by atoms with Gasteiger partial charge in [-0.15, -0.1) is 0 Å². The molecule has 0 saturated heterocycles. The van der Waals surface area contributed by atoms with E-state index in [0.717, 1.165) is 83.5 Å². The lowest BCUT2D eigenvalue weighted by Gasteiger charge is -2.27. The third kappa shape index (κ3) is 56.4. The van der Waals surface area contributed by atoms with Crippen LogP contribution in [0.15, 0.2) is 60.8 Å². The molecular formula is C66H124N2O7P+. The van der Waals surface area contributed by atoms with Crippen LogP contribution in [-0.2, 0) is 27.9 Å². The Hall–Kier alpha value is -2.29. The molecule has 0 aliphatic heterocycles. The molecule has 10 heteroatoms. The summed E-state index contributed by atoms with van der Waals surface area (Å²) in [5.74, 6) is -0.515. The minimum Gasteiger partial charge on any atom is -0.456 e. The maximum atomic E-state index is 13.6. The highest BCUT2D eigenvalue weighted by Gasteiger charge is 2.30. The average Bonchev–Trinajstić information content (AvgIpc) is 3.38. The Morgan fingerprint density at radius 3 is 1.24 bits per heavy atom. The van der Waals surface area contributed by atoms with Gasteiger partial charge in [0.05, 0.1) is 33.8 Å². The molecule has 3 unspecified atom stereocenters. The van der Waals surface area contributed by atoms with Crippen LogP contribution in [-0.4, -0.2) is 74.3 Å². The number of rotatable bonds is 58. The van der Waals surface area contributed by atoms with E-state index >= 15 is 0 Å². The predicted molar refractivity (Wildman–Crippen MR) is 328 cm³/mol. The van der Waals surface area contributed by atoms with Crippen molar-refractivity contribution in [2.75, 3.05) is 40.9 Å². The Balaban J connectivity index is 5.25. The number of hydrogen-bond donors (Lipinski definition) is 2. The van der Waals surface area contributed by atoms with Crippen LogP contribution in [0.25, 0.3) is 0 Å². The van der Waals surface area contributed by atoms with Crippen molar-refractivity contribution >= 4 is 19.7 Å². The molecule has 0 aromatic carbocycles. The van der Waals surface area contributed by atoms with E-state index in [-0.39, 0.29) is 31.5 Å². The normalized spacial score (nSPS) is 14.0. The SMILES string of the molecule is CCCCC/C=C\C/C=C\C/C=C\CCCCCCCCC(=O)NC(COP(=O)(O)OCC[N+](C)(C)C)C(/C=C/CCCCCCCCCCCC)OC(=O)CCCCCCCCCCC/C=C/CCCCCCCC. The van der Waals surface area contributed by atoms with Gasteiger partial charge in [-0.25, -0.2) is 4.57 Å². The molecule has 0 saturated carbocycles. The maximum Gasteiger partial charge on any atom is 0.472 e. The minimum atomic E-state index is -4.45. The molecule has 1 amide bonds. The van der Waals surface area contributed by atoms with Crippen LogP contribution >= 0.6 is 7.82 Å². The summed E-state index contributed by atoms with van der Waals surface area (Å²) >= 11 is 0. The topological polar surface area (TPSA) is 111 Å². The number of carbonyl (C=O) groups is 2. The number of hydrogen-bond acceptors (Lipinski definition) is 6. The second-order valence-electron chi connectivity index (χ2n) is 22.9. The van der Waals surface area contributed by atoms with E-state index in [0.29, 0.717) is 17.4 Å². The van der Waals surface area contributed by atoms with Crippen LogP contribution < -0.4 is 5.32 Å². The number of nitrogens with zero attached hydrogens (tertiary/aromatic N) is 1. The van der Waals surface area contributed by atoms with Gasteiger partial charge in [-0.05, 0) is 96.0 Å². The summed E-state index contributed by atoms with van der Waals surface area (Å²) in [6.07, 6.45) is 70.7. The highest BCUT2D eigenvalue weighted by molar-refractivity contribution is 7.47. The molecule has 0 heterocycles. The number of phosphoric ester groups is 1. The molecule has 0 aromatic rings. The van der Waals surface area contributed by atoms with Gasteiger partial charge < -0.3 is 19.4 Å². The van der Waals surface area contributed by atoms with Crippen LogP contribution in [0, 0.1) is 0 Å². The quantitative estimate of drug-likeness (QED) is 0.0205. The van der Waals surface area contributed by atoms with E-state index in [4.69, 9.17) is 13.8 Å². The molecule has 444 valence electrons. The summed E-state index contributed by atoms with van der Waals surface area (Å²) in [6.45, 7) is 6.99. The molecule has 0 aliphatic carbocycles. The fraction of sp³-hybridized carbons (Fsp3) is 0.818. The molecule has 0 spiro atoms. The van der Waals surface area contributed by atoms with Crippen molar-refractivity contribution in [2.24, 2.45) is 0 Å². The molecule has 0 aliphatic rings. The number of phosphoric acid groups is 1. The summed E-state index contributed by atoms with van der Waals surface area (Å²) in [7, 11) is 1.49. The van der Waals surface area contributed by atoms with Crippen molar-refractivity contribution in [3.63, 3.8) is 0 Å². The van der Waals surface area contributed by atoms with Gasteiger partial charge in [-0.1, -0.05) is 249 Å². The first-order chi connectivity index (χ1) is 36.9. The first-order valence-electron chi connectivity index (χ1n) is 32.1. The van der Waals surface area contributed by atoms with Gasteiger partial charge in [0.1, 0.15) is 19.3 Å². The number of quaternary nitrogens is 1. The van der Waals surface area contributed by atoms with Crippen molar-refractivity contribution in [1.82, 2.24) is 5.32 Å². The average molecular weight is 1090 g/mol. The Labute approximate surface area is 471 Å². The monoisotopic (exact) mass is 1090 g/mol. The number of ether oxygens (including phenoxy) is 1. The van der Waals surface area contributed by atoms with Gasteiger partial charge >= 0.3 is 13.8 Å². The van der Waals surface area contributed by atoms with E-state index in [9.17, 15) is 19.0 Å². The Morgan fingerprint density at radius 2 is 0.803 bits per heavy atom. The summed E-state index contributed by atoms with van der Waals surface area (Å²) < 4.78 is 30.7. The van der Waals surface area contributed by atoms with Gasteiger partial charge in [0.15, 0.2) is 0 Å². The van der Waals surface area contributed by atoms with Gasteiger partial charge in [-0.2, -0.15) is 0 Å². The van der Waals surface area contributed by atoms with E-state index in [1.165, 1.54) is 180 Å². The third-order valence-corrected chi connectivity index (χ3v) is 15.2. The van der Waals surface area contributed by atoms with Crippen molar-refractivity contribution in [2.45, 2.75) is 309 Å². The fourth-order valence-corrected chi connectivity index (χ4v) is 9.91. The molecule has 0 radical (unpaired) electrons. The zero-order valence-corrected chi connectivity index (χ0v) is 51.6. The van der Waals surface area contributed by atoms with Crippen LogP contribution in [0.2, 0.25) is 0 Å². The number of likely N-dealkylation sites (N-methyl/N-ethyl adjacent to an activating group) is 1. The molecular weight excluding hydrogens is 964 g/mol. The number of allylic oxidation sites excluding steroid dienone is 9. The van der Waals surface area contributed by atoms with Crippen LogP contribution in [0.5, 0.6) is 0 Å². The van der Waals surface area contributed by atoms with Crippen molar-refractivity contribution in [3.8, 4) is 0 Å². The standard InChI is InChI=1S/C66H123N2O7P/c1-7-10-13-16-19-22-25-28-30-32-34-36-38-40-43-46-49-52-55-58-65(69)67-63(62-74-76(71,72)73-61-60-68(4,5)6)64(57-54-51-48-45-42-27-24-21-18-15-12-9-3)75-66(70)59-56-53-50-47-44-41-39-37-35-33-31-29-26-23-20-17-14-11-8-2/h19,22,28-31,34,36,54,57,63-64H,7-18,20-21,23-27,32-33,35,37-53,55-56,58-62H2,1-6H3,(H-,67,69,71,72)/p+1/b22-19-,30-28-,31-29+,36-34-,57-54+. The minimum absolute atomic E-state index is 0.0363. The highest BCUT2D eigenvalue weighted by atomic mass is 31.2. The lowest BCUT2D eigenvalue weighted by Crippen LogP contribution is -2.47. The molecule has 9 nitrogen and oxygen atoms in total. The second-order valence-corrected chi connectivity index (χ2v) is 24.4. The number of nitrogens with one attached hydrogen (secondary N) is 1. The summed E-state index contributed by atoms with van der Waals surface area (Å²) in [5.41, 5.74) is 0. The molecule has 0 aromatic heterocycles. The van der Waals surface area contributed by atoms with Gasteiger partial charge in [0, 0.05) is 12.8 Å². The van der Waals surface area contributed by atoms with E-state index in [1.54, 1.807) is 0 Å². The van der Waals surface area contributed by atoms with E-state index in [1.807, 2.05) is 33.3 Å². The Bertz CT molecular complexity index is 1490. The molecule has 0 bridgehead atoms. The van der Waals surface area contributed by atoms with Crippen LogP contribution in [0.3, 0.4) is 0 Å². The first kappa shape index (κ1) is 73.7. The summed E-state index contributed by atoms with van der Waals surface area (Å²) in [6, 6.07) is -0.857. The number of carbonyl (C=O) groups excluding carboxylic acids is 2. The van der Waals surface area contributed by atoms with Crippen LogP contribution in [0.1, 0.15) is 297 Å². The highest BCUT2D eigenvalue weighted by Crippen LogP contribution is 2.43. The molecule has 0 rings (SSSR count). The van der Waals surface area contributed by atoms with Gasteiger partial charge in [0.2, 0.25) is 5.91 Å². The molecule has 2 N–H and O–H groups in total. The summed E-state index contributed by atoms with van der Waals surface area (Å²) in [5, 5.41) is 3.05. The molecule has 76 heavy (non-hydrogen) atoms. The molecule has 3 atom stereocenters. The molecule has 0 fully saturated rings. The largest absolute Gasteiger partial charge is 0.472 e. The third-order valence-electron chi connectivity index (χ3n) is 14.2. The number of esters is 1. The second kappa shape index (κ2) is 56.0. The lowest BCUT2D eigenvalue weighted by atomic mass is 10.0. The number of unbranched alkanes of at least 4 members (excludes halogenated alkanes) is 34. The zero-order valence-electron chi connectivity index (χ0n) is 50.7. The fourth-order valence-electron chi connectivity index (χ4n) is 9.18. The smallest absolute Gasteiger partial charge is 0.456 e. The van der Waals surface area contributed by atoms with Gasteiger partial charge in [0.25, 0.3) is 0 Å². The lowest BCUT2D eigenvalue weighted by molar-refractivity contribution is -0.870. The van der Waals surface area contributed by atoms with Crippen molar-refractivity contribution in [3.05, 3.63) is 60.8 Å². The van der Waals surface area contributed by atoms with Gasteiger partial charge in [-0.3, -0.25) is 18.6 Å². The summed E-state index contributed by atoms with van der Waals surface area (Å²) in [4.78, 5) is 37.7.